The van der Waals surface area contributed by atoms with Crippen LogP contribution in [0.4, 0.5) is 0 Å². The maximum Gasteiger partial charge on any atom is 0.118 e. The van der Waals surface area contributed by atoms with Crippen molar-refractivity contribution in [1.29, 1.82) is 0 Å². The summed E-state index contributed by atoms with van der Waals surface area (Å²) in [4.78, 5) is 0. The molecule has 0 saturated heterocycles. The van der Waals surface area contributed by atoms with Gasteiger partial charge >= 0.3 is 0 Å². The van der Waals surface area contributed by atoms with Gasteiger partial charge in [-0.15, -0.1) is 0 Å². The highest BCUT2D eigenvalue weighted by Gasteiger charge is 2.02. The first-order valence-electron chi connectivity index (χ1n) is 5.57. The second kappa shape index (κ2) is 5.24. The van der Waals surface area contributed by atoms with Crippen molar-refractivity contribution in [2.24, 2.45) is 0 Å². The highest BCUT2D eigenvalue weighted by molar-refractivity contribution is 6.31. The summed E-state index contributed by atoms with van der Waals surface area (Å²) in [5, 5.41) is 0.834. The van der Waals surface area contributed by atoms with E-state index in [1.54, 1.807) is 7.11 Å². The first-order chi connectivity index (χ1) is 8.19. The number of ether oxygens (including phenoxy) is 1. The Kier molecular flexibility index (Phi) is 3.70. The number of hydrogen-bond donors (Lipinski definition) is 0. The molecule has 2 heteroatoms. The van der Waals surface area contributed by atoms with E-state index < -0.39 is 0 Å². The van der Waals surface area contributed by atoms with Gasteiger partial charge in [-0.05, 0) is 48.2 Å². The van der Waals surface area contributed by atoms with Crippen molar-refractivity contribution < 1.29 is 4.74 Å². The average Bonchev–Trinajstić information content (AvgIpc) is 2.34. The number of halogens is 1. The Morgan fingerprint density at radius 1 is 1.06 bits per heavy atom. The zero-order valence-electron chi connectivity index (χ0n) is 10.0. The number of aryl methyl sites for hydroxylation is 1. The lowest BCUT2D eigenvalue weighted by Gasteiger charge is -2.06. The summed E-state index contributed by atoms with van der Waals surface area (Å²) in [6, 6.07) is 14.2. The van der Waals surface area contributed by atoms with Crippen LogP contribution >= 0.6 is 11.6 Å². The van der Waals surface area contributed by atoms with Crippen LogP contribution in [0, 0.1) is 6.92 Å². The lowest BCUT2D eigenvalue weighted by Crippen LogP contribution is -1.90. The summed E-state index contributed by atoms with van der Waals surface area (Å²) >= 11 is 6.21. The van der Waals surface area contributed by atoms with Gasteiger partial charge in [-0.3, -0.25) is 0 Å². The molecule has 2 aromatic rings. The molecule has 0 radical (unpaired) electrons. The molecule has 0 aromatic heterocycles. The summed E-state index contributed by atoms with van der Waals surface area (Å²) in [7, 11) is 1.67. The van der Waals surface area contributed by atoms with Crippen LogP contribution in [0.15, 0.2) is 42.5 Å². The predicted octanol–water partition coefficient (Wildman–Crippen LogP) is 4.25. The van der Waals surface area contributed by atoms with Crippen LogP contribution in [0.2, 0.25) is 5.02 Å². The summed E-state index contributed by atoms with van der Waals surface area (Å²) in [5.74, 6) is 0.878. The molecule has 2 rings (SSSR count). The van der Waals surface area contributed by atoms with Crippen LogP contribution in [0.3, 0.4) is 0 Å². The fraction of sp³-hybridized carbons (Fsp3) is 0.200. The summed E-state index contributed by atoms with van der Waals surface area (Å²) < 4.78 is 5.13. The van der Waals surface area contributed by atoms with E-state index in [1.807, 2.05) is 25.1 Å². The van der Waals surface area contributed by atoms with Gasteiger partial charge in [0, 0.05) is 5.02 Å². The van der Waals surface area contributed by atoms with Crippen molar-refractivity contribution in [3.05, 3.63) is 64.2 Å². The molecule has 17 heavy (non-hydrogen) atoms. The van der Waals surface area contributed by atoms with Gasteiger partial charge in [0.1, 0.15) is 5.75 Å². The maximum absolute atomic E-state index is 6.21. The highest BCUT2D eigenvalue weighted by atomic mass is 35.5. The molecular formula is C15H15ClO. The molecule has 88 valence electrons. The average molecular weight is 247 g/mol. The zero-order chi connectivity index (χ0) is 12.3. The van der Waals surface area contributed by atoms with Gasteiger partial charge in [-0.1, -0.05) is 35.9 Å². The van der Waals surface area contributed by atoms with Crippen molar-refractivity contribution >= 4 is 11.6 Å². The summed E-state index contributed by atoms with van der Waals surface area (Å²) in [6.07, 6.45) is 0.850. The SMILES string of the molecule is COc1ccc(Cc2ccc(C)cc2Cl)cc1. The van der Waals surface area contributed by atoms with E-state index in [0.717, 1.165) is 22.8 Å². The monoisotopic (exact) mass is 246 g/mol. The van der Waals surface area contributed by atoms with Crippen molar-refractivity contribution in [2.45, 2.75) is 13.3 Å². The third-order valence-electron chi connectivity index (χ3n) is 2.76. The molecule has 0 atom stereocenters. The van der Waals surface area contributed by atoms with E-state index in [1.165, 1.54) is 11.1 Å². The third kappa shape index (κ3) is 3.01. The largest absolute Gasteiger partial charge is 0.497 e. The molecule has 0 spiro atoms. The second-order valence-electron chi connectivity index (χ2n) is 4.12. The Bertz CT molecular complexity index is 503. The van der Waals surface area contributed by atoms with E-state index in [-0.39, 0.29) is 0 Å². The van der Waals surface area contributed by atoms with E-state index in [2.05, 4.69) is 24.3 Å². The van der Waals surface area contributed by atoms with Crippen LogP contribution in [0.25, 0.3) is 0 Å². The highest BCUT2D eigenvalue weighted by Crippen LogP contribution is 2.21. The van der Waals surface area contributed by atoms with Crippen molar-refractivity contribution in [3.63, 3.8) is 0 Å². The number of benzene rings is 2. The molecule has 2 aromatic carbocycles. The lowest BCUT2D eigenvalue weighted by atomic mass is 10.0. The maximum atomic E-state index is 6.21. The number of hydrogen-bond acceptors (Lipinski definition) is 1. The van der Waals surface area contributed by atoms with Crippen LogP contribution in [-0.2, 0) is 6.42 Å². The molecule has 0 amide bonds. The molecular weight excluding hydrogens is 232 g/mol. The molecule has 0 aliphatic heterocycles. The minimum Gasteiger partial charge on any atom is -0.497 e. The Morgan fingerprint density at radius 3 is 2.35 bits per heavy atom. The van der Waals surface area contributed by atoms with Gasteiger partial charge < -0.3 is 4.74 Å². The smallest absolute Gasteiger partial charge is 0.118 e. The van der Waals surface area contributed by atoms with E-state index in [0.29, 0.717) is 0 Å². The van der Waals surface area contributed by atoms with Gasteiger partial charge in [-0.2, -0.15) is 0 Å². The topological polar surface area (TPSA) is 9.23 Å². The van der Waals surface area contributed by atoms with Crippen molar-refractivity contribution in [2.75, 3.05) is 7.11 Å². The van der Waals surface area contributed by atoms with Gasteiger partial charge in [0.15, 0.2) is 0 Å². The molecule has 0 heterocycles. The van der Waals surface area contributed by atoms with Crippen LogP contribution < -0.4 is 4.74 Å². The molecule has 0 fully saturated rings. The zero-order valence-corrected chi connectivity index (χ0v) is 10.8. The van der Waals surface area contributed by atoms with Crippen LogP contribution in [-0.4, -0.2) is 7.11 Å². The normalized spacial score (nSPS) is 10.3. The molecule has 0 saturated carbocycles. The summed E-state index contributed by atoms with van der Waals surface area (Å²) in [6.45, 7) is 2.04. The Balaban J connectivity index is 2.19. The van der Waals surface area contributed by atoms with Gasteiger partial charge in [0.2, 0.25) is 0 Å². The Labute approximate surface area is 107 Å². The molecule has 0 unspecified atom stereocenters. The molecule has 0 aliphatic carbocycles. The van der Waals surface area contributed by atoms with Gasteiger partial charge in [0.05, 0.1) is 7.11 Å². The summed E-state index contributed by atoms with van der Waals surface area (Å²) in [5.41, 5.74) is 3.58. The number of methoxy groups -OCH3 is 1. The molecule has 1 nitrogen and oxygen atoms in total. The second-order valence-corrected chi connectivity index (χ2v) is 4.53. The first-order valence-corrected chi connectivity index (χ1v) is 5.95. The fourth-order valence-electron chi connectivity index (χ4n) is 1.76. The van der Waals surface area contributed by atoms with Gasteiger partial charge in [0.25, 0.3) is 0 Å². The van der Waals surface area contributed by atoms with E-state index in [9.17, 15) is 0 Å². The Morgan fingerprint density at radius 2 is 1.76 bits per heavy atom. The number of rotatable bonds is 3. The Hall–Kier alpha value is -1.47. The standard InChI is InChI=1S/C15H15ClO/c1-11-3-6-13(15(16)9-11)10-12-4-7-14(17-2)8-5-12/h3-9H,10H2,1-2H3. The van der Waals surface area contributed by atoms with Crippen LogP contribution in [0.1, 0.15) is 16.7 Å². The van der Waals surface area contributed by atoms with E-state index in [4.69, 9.17) is 16.3 Å². The lowest BCUT2D eigenvalue weighted by molar-refractivity contribution is 0.414. The minimum absolute atomic E-state index is 0.834. The quantitative estimate of drug-likeness (QED) is 0.787. The minimum atomic E-state index is 0.834. The van der Waals surface area contributed by atoms with Crippen LogP contribution in [0.5, 0.6) is 5.75 Å². The van der Waals surface area contributed by atoms with E-state index >= 15 is 0 Å². The fourth-order valence-corrected chi connectivity index (χ4v) is 2.06. The molecule has 0 aliphatic rings. The molecule has 0 bridgehead atoms. The first kappa shape index (κ1) is 12.0. The predicted molar refractivity (Wildman–Crippen MR) is 72.0 cm³/mol. The molecule has 0 N–H and O–H groups in total. The van der Waals surface area contributed by atoms with Crippen molar-refractivity contribution in [1.82, 2.24) is 0 Å². The third-order valence-corrected chi connectivity index (χ3v) is 3.11. The van der Waals surface area contributed by atoms with Gasteiger partial charge in [-0.25, -0.2) is 0 Å². The van der Waals surface area contributed by atoms with Crippen molar-refractivity contribution in [3.8, 4) is 5.75 Å².